The minimum Gasteiger partial charge on any atom is -0.355 e. The monoisotopic (exact) mass is 368 g/mol. The maximum absolute atomic E-state index is 13.7. The number of aromatic nitrogens is 4. The van der Waals surface area contributed by atoms with Crippen LogP contribution < -0.4 is 10.2 Å². The number of piperidine rings is 1. The summed E-state index contributed by atoms with van der Waals surface area (Å²) in [5, 5.41) is 15.7. The van der Waals surface area contributed by atoms with Crippen LogP contribution in [0.2, 0.25) is 0 Å². The zero-order valence-corrected chi connectivity index (χ0v) is 14.9. The Morgan fingerprint density at radius 1 is 1.07 bits per heavy atom. The SMILES string of the molecule is O=C(NCCc1nnc2ccc(N3CCCCC3)nn12)c1ccccc1F. The highest BCUT2D eigenvalue weighted by molar-refractivity contribution is 5.94. The summed E-state index contributed by atoms with van der Waals surface area (Å²) in [6.07, 6.45) is 4.07. The lowest BCUT2D eigenvalue weighted by Crippen LogP contribution is -2.30. The third-order valence-corrected chi connectivity index (χ3v) is 4.75. The lowest BCUT2D eigenvalue weighted by atomic mass is 10.1. The number of rotatable bonds is 5. The number of nitrogens with one attached hydrogen (secondary N) is 1. The predicted molar refractivity (Wildman–Crippen MR) is 99.3 cm³/mol. The van der Waals surface area contributed by atoms with Gasteiger partial charge in [0, 0.05) is 26.1 Å². The van der Waals surface area contributed by atoms with E-state index in [0.717, 1.165) is 18.9 Å². The fraction of sp³-hybridized carbons (Fsp3) is 0.368. The molecule has 2 aromatic heterocycles. The molecule has 1 aliphatic rings. The van der Waals surface area contributed by atoms with E-state index in [1.54, 1.807) is 16.6 Å². The Hall–Kier alpha value is -3.03. The van der Waals surface area contributed by atoms with Gasteiger partial charge < -0.3 is 10.2 Å². The first kappa shape index (κ1) is 17.4. The highest BCUT2D eigenvalue weighted by atomic mass is 19.1. The normalized spacial score (nSPS) is 14.5. The van der Waals surface area contributed by atoms with Crippen LogP contribution in [-0.2, 0) is 6.42 Å². The zero-order valence-electron chi connectivity index (χ0n) is 14.9. The Morgan fingerprint density at radius 2 is 1.89 bits per heavy atom. The van der Waals surface area contributed by atoms with Crippen LogP contribution in [0.15, 0.2) is 36.4 Å². The molecule has 0 aliphatic carbocycles. The lowest BCUT2D eigenvalue weighted by molar-refractivity contribution is 0.0950. The average Bonchev–Trinajstić information content (AvgIpc) is 3.11. The van der Waals surface area contributed by atoms with Crippen molar-refractivity contribution in [2.45, 2.75) is 25.7 Å². The Labute approximate surface area is 156 Å². The quantitative estimate of drug-likeness (QED) is 0.747. The van der Waals surface area contributed by atoms with Crippen LogP contribution in [0.4, 0.5) is 10.2 Å². The van der Waals surface area contributed by atoms with Crippen LogP contribution in [0.1, 0.15) is 35.4 Å². The first-order valence-electron chi connectivity index (χ1n) is 9.21. The number of fused-ring (bicyclic) bond motifs is 1. The number of hydrogen-bond acceptors (Lipinski definition) is 5. The summed E-state index contributed by atoms with van der Waals surface area (Å²) in [5.74, 6) is 0.607. The second-order valence-electron chi connectivity index (χ2n) is 6.61. The van der Waals surface area contributed by atoms with Crippen molar-refractivity contribution in [3.05, 3.63) is 53.6 Å². The number of hydrogen-bond donors (Lipinski definition) is 1. The van der Waals surface area contributed by atoms with Crippen molar-refractivity contribution in [1.82, 2.24) is 25.1 Å². The van der Waals surface area contributed by atoms with Gasteiger partial charge in [0.2, 0.25) is 0 Å². The molecule has 0 radical (unpaired) electrons. The lowest BCUT2D eigenvalue weighted by Gasteiger charge is -2.27. The molecule has 0 atom stereocenters. The van der Waals surface area contributed by atoms with E-state index >= 15 is 0 Å². The molecule has 1 amide bonds. The summed E-state index contributed by atoms with van der Waals surface area (Å²) in [5.41, 5.74) is 0.709. The summed E-state index contributed by atoms with van der Waals surface area (Å²) in [6, 6.07) is 9.80. The molecule has 0 bridgehead atoms. The van der Waals surface area contributed by atoms with Crippen molar-refractivity contribution < 1.29 is 9.18 Å². The predicted octanol–water partition coefficient (Wildman–Crippen LogP) is 2.23. The van der Waals surface area contributed by atoms with Gasteiger partial charge in [-0.2, -0.15) is 4.52 Å². The number of amides is 1. The van der Waals surface area contributed by atoms with E-state index in [4.69, 9.17) is 0 Å². The van der Waals surface area contributed by atoms with Crippen LogP contribution in [0.25, 0.3) is 5.65 Å². The number of halogens is 1. The minimum absolute atomic E-state index is 0.0362. The summed E-state index contributed by atoms with van der Waals surface area (Å²) in [4.78, 5) is 14.4. The maximum atomic E-state index is 13.7. The first-order valence-corrected chi connectivity index (χ1v) is 9.21. The van der Waals surface area contributed by atoms with Crippen LogP contribution in [-0.4, -0.2) is 45.4 Å². The van der Waals surface area contributed by atoms with Crippen molar-refractivity contribution in [1.29, 1.82) is 0 Å². The number of carbonyl (C=O) groups excluding carboxylic acids is 1. The van der Waals surface area contributed by atoms with E-state index in [1.165, 1.54) is 31.4 Å². The molecule has 0 spiro atoms. The smallest absolute Gasteiger partial charge is 0.254 e. The maximum Gasteiger partial charge on any atom is 0.254 e. The van der Waals surface area contributed by atoms with Gasteiger partial charge in [0.15, 0.2) is 11.5 Å². The number of benzene rings is 1. The third kappa shape index (κ3) is 3.74. The zero-order chi connectivity index (χ0) is 18.6. The van der Waals surface area contributed by atoms with E-state index in [9.17, 15) is 9.18 Å². The summed E-state index contributed by atoms with van der Waals surface area (Å²) >= 11 is 0. The Balaban J connectivity index is 1.44. The second-order valence-corrected chi connectivity index (χ2v) is 6.61. The van der Waals surface area contributed by atoms with Crippen molar-refractivity contribution in [3.63, 3.8) is 0 Å². The van der Waals surface area contributed by atoms with Crippen LogP contribution in [0, 0.1) is 5.82 Å². The molecule has 4 rings (SSSR count). The molecule has 1 aromatic carbocycles. The van der Waals surface area contributed by atoms with E-state index in [-0.39, 0.29) is 5.56 Å². The molecule has 1 aliphatic heterocycles. The molecule has 27 heavy (non-hydrogen) atoms. The summed E-state index contributed by atoms with van der Waals surface area (Å²) < 4.78 is 15.4. The molecular weight excluding hydrogens is 347 g/mol. The van der Waals surface area contributed by atoms with Crippen molar-refractivity contribution in [3.8, 4) is 0 Å². The van der Waals surface area contributed by atoms with E-state index in [0.29, 0.717) is 24.4 Å². The highest BCUT2D eigenvalue weighted by Crippen LogP contribution is 2.18. The number of anilines is 1. The Bertz CT molecular complexity index is 950. The van der Waals surface area contributed by atoms with Crippen LogP contribution in [0.5, 0.6) is 0 Å². The molecule has 1 saturated heterocycles. The van der Waals surface area contributed by atoms with Gasteiger partial charge in [-0.3, -0.25) is 4.79 Å². The fourth-order valence-corrected chi connectivity index (χ4v) is 3.30. The van der Waals surface area contributed by atoms with Gasteiger partial charge in [-0.1, -0.05) is 12.1 Å². The summed E-state index contributed by atoms with van der Waals surface area (Å²) in [7, 11) is 0. The first-order chi connectivity index (χ1) is 13.2. The average molecular weight is 368 g/mol. The van der Waals surface area contributed by atoms with Gasteiger partial charge in [-0.05, 0) is 43.5 Å². The summed E-state index contributed by atoms with van der Waals surface area (Å²) in [6.45, 7) is 2.34. The van der Waals surface area contributed by atoms with Gasteiger partial charge in [0.25, 0.3) is 5.91 Å². The van der Waals surface area contributed by atoms with Gasteiger partial charge in [-0.15, -0.1) is 15.3 Å². The minimum atomic E-state index is -0.532. The molecule has 0 saturated carbocycles. The van der Waals surface area contributed by atoms with Crippen LogP contribution in [0.3, 0.4) is 0 Å². The standard InChI is InChI=1S/C19H21FN6O/c20-15-7-3-2-6-14(15)19(27)21-11-10-17-23-22-16-8-9-18(24-26(16)17)25-12-4-1-5-13-25/h2-3,6-9H,1,4-5,10-13H2,(H,21,27). The van der Waals surface area contributed by atoms with Crippen molar-refractivity contribution >= 4 is 17.4 Å². The molecule has 3 aromatic rings. The third-order valence-electron chi connectivity index (χ3n) is 4.75. The molecular formula is C19H21FN6O. The number of carbonyl (C=O) groups is 1. The van der Waals surface area contributed by atoms with Gasteiger partial charge in [-0.25, -0.2) is 4.39 Å². The topological polar surface area (TPSA) is 75.4 Å². The Kier molecular flexibility index (Phi) is 4.95. The van der Waals surface area contributed by atoms with E-state index in [1.807, 2.05) is 12.1 Å². The van der Waals surface area contributed by atoms with Gasteiger partial charge in [0.05, 0.1) is 5.56 Å². The highest BCUT2D eigenvalue weighted by Gasteiger charge is 2.15. The van der Waals surface area contributed by atoms with E-state index in [2.05, 4.69) is 25.5 Å². The molecule has 7 nitrogen and oxygen atoms in total. The van der Waals surface area contributed by atoms with Crippen LogP contribution >= 0.6 is 0 Å². The molecule has 0 unspecified atom stereocenters. The molecule has 1 N–H and O–H groups in total. The largest absolute Gasteiger partial charge is 0.355 e. The molecule has 3 heterocycles. The fourth-order valence-electron chi connectivity index (χ4n) is 3.30. The van der Waals surface area contributed by atoms with E-state index < -0.39 is 11.7 Å². The Morgan fingerprint density at radius 3 is 2.70 bits per heavy atom. The van der Waals surface area contributed by atoms with Crippen molar-refractivity contribution in [2.75, 3.05) is 24.5 Å². The molecule has 140 valence electrons. The second kappa shape index (κ2) is 7.69. The van der Waals surface area contributed by atoms with Gasteiger partial charge in [0.1, 0.15) is 11.6 Å². The van der Waals surface area contributed by atoms with Gasteiger partial charge >= 0.3 is 0 Å². The molecule has 8 heteroatoms. The molecule has 1 fully saturated rings. The van der Waals surface area contributed by atoms with Crippen molar-refractivity contribution in [2.24, 2.45) is 0 Å². The number of nitrogens with zero attached hydrogens (tertiary/aromatic N) is 5.